The SMILES string of the molecule is CC(C)[C@H](NC(=O)C[C@H](NC(=O)NCc1ccccc1)c1ccccc1)C(=O)[C@@H]1C(=O)NC(=O)[C@H]1C. The molecule has 1 aliphatic heterocycles. The van der Waals surface area contributed by atoms with E-state index < -0.39 is 53.5 Å². The summed E-state index contributed by atoms with van der Waals surface area (Å²) in [5, 5.41) is 10.5. The maximum absolute atomic E-state index is 13.1. The number of imide groups is 1. The molecule has 9 nitrogen and oxygen atoms in total. The van der Waals surface area contributed by atoms with Gasteiger partial charge in [0, 0.05) is 6.54 Å². The Labute approximate surface area is 210 Å². The highest BCUT2D eigenvalue weighted by molar-refractivity contribution is 6.16. The van der Waals surface area contributed by atoms with Crippen LogP contribution in [-0.4, -0.2) is 35.6 Å². The fourth-order valence-corrected chi connectivity index (χ4v) is 4.17. The fraction of sp³-hybridized carbons (Fsp3) is 0.370. The molecule has 1 saturated heterocycles. The molecule has 190 valence electrons. The Hall–Kier alpha value is -4.01. The number of carbonyl (C=O) groups excluding carboxylic acids is 5. The van der Waals surface area contributed by atoms with Crippen LogP contribution in [-0.2, 0) is 25.7 Å². The first-order valence-electron chi connectivity index (χ1n) is 12.0. The Morgan fingerprint density at radius 1 is 0.889 bits per heavy atom. The number of amides is 5. The molecule has 0 bridgehead atoms. The van der Waals surface area contributed by atoms with Crippen molar-refractivity contribution in [2.75, 3.05) is 0 Å². The van der Waals surface area contributed by atoms with Crippen molar-refractivity contribution in [2.45, 2.75) is 45.8 Å². The summed E-state index contributed by atoms with van der Waals surface area (Å²) in [6.45, 7) is 5.36. The van der Waals surface area contributed by atoms with Crippen LogP contribution in [0.15, 0.2) is 60.7 Å². The molecule has 1 aliphatic rings. The van der Waals surface area contributed by atoms with Gasteiger partial charge in [0.2, 0.25) is 17.7 Å². The van der Waals surface area contributed by atoms with E-state index in [0.29, 0.717) is 6.54 Å². The number of hydrogen-bond donors (Lipinski definition) is 4. The van der Waals surface area contributed by atoms with Crippen LogP contribution in [0.25, 0.3) is 0 Å². The van der Waals surface area contributed by atoms with Gasteiger partial charge < -0.3 is 16.0 Å². The van der Waals surface area contributed by atoms with E-state index in [1.807, 2.05) is 36.4 Å². The second kappa shape index (κ2) is 12.1. The van der Waals surface area contributed by atoms with E-state index in [-0.39, 0.29) is 12.3 Å². The zero-order valence-electron chi connectivity index (χ0n) is 20.6. The lowest BCUT2D eigenvalue weighted by molar-refractivity contribution is -0.137. The normalized spacial score (nSPS) is 18.8. The topological polar surface area (TPSA) is 133 Å². The second-order valence-corrected chi connectivity index (χ2v) is 9.29. The first kappa shape index (κ1) is 26.6. The number of urea groups is 1. The summed E-state index contributed by atoms with van der Waals surface area (Å²) in [6.07, 6.45) is -0.120. The molecule has 5 amide bonds. The van der Waals surface area contributed by atoms with Crippen LogP contribution in [0, 0.1) is 17.8 Å². The third-order valence-electron chi connectivity index (χ3n) is 6.23. The lowest BCUT2D eigenvalue weighted by Crippen LogP contribution is -2.50. The first-order chi connectivity index (χ1) is 17.2. The van der Waals surface area contributed by atoms with Crippen LogP contribution in [0.4, 0.5) is 4.79 Å². The number of ketones is 1. The molecule has 1 fully saturated rings. The van der Waals surface area contributed by atoms with Crippen molar-refractivity contribution < 1.29 is 24.0 Å². The Balaban J connectivity index is 1.68. The third kappa shape index (κ3) is 6.78. The van der Waals surface area contributed by atoms with E-state index in [2.05, 4.69) is 21.3 Å². The van der Waals surface area contributed by atoms with Crippen LogP contribution in [0.5, 0.6) is 0 Å². The van der Waals surface area contributed by atoms with Crippen molar-refractivity contribution in [3.63, 3.8) is 0 Å². The zero-order valence-corrected chi connectivity index (χ0v) is 20.6. The number of Topliss-reactive ketones (excluding diaryl/α,β-unsaturated/α-hetero) is 1. The molecule has 36 heavy (non-hydrogen) atoms. The number of carbonyl (C=O) groups is 5. The van der Waals surface area contributed by atoms with Crippen molar-refractivity contribution in [2.24, 2.45) is 17.8 Å². The number of nitrogens with one attached hydrogen (secondary N) is 4. The molecular weight excluding hydrogens is 460 g/mol. The highest BCUT2D eigenvalue weighted by Gasteiger charge is 2.46. The van der Waals surface area contributed by atoms with Gasteiger partial charge in [-0.05, 0) is 17.0 Å². The van der Waals surface area contributed by atoms with Crippen LogP contribution in [0.2, 0.25) is 0 Å². The van der Waals surface area contributed by atoms with E-state index >= 15 is 0 Å². The molecular formula is C27H32N4O5. The lowest BCUT2D eigenvalue weighted by Gasteiger charge is -2.26. The minimum Gasteiger partial charge on any atom is -0.346 e. The monoisotopic (exact) mass is 492 g/mol. The van der Waals surface area contributed by atoms with Gasteiger partial charge in [0.15, 0.2) is 5.78 Å². The molecule has 1 heterocycles. The second-order valence-electron chi connectivity index (χ2n) is 9.29. The lowest BCUT2D eigenvalue weighted by atomic mass is 9.85. The van der Waals surface area contributed by atoms with Gasteiger partial charge in [-0.15, -0.1) is 0 Å². The average molecular weight is 493 g/mol. The largest absolute Gasteiger partial charge is 0.346 e. The van der Waals surface area contributed by atoms with Gasteiger partial charge in [-0.25, -0.2) is 4.79 Å². The molecule has 4 N–H and O–H groups in total. The Kier molecular flexibility index (Phi) is 8.94. The van der Waals surface area contributed by atoms with Crippen molar-refractivity contribution in [1.82, 2.24) is 21.3 Å². The summed E-state index contributed by atoms with van der Waals surface area (Å²) < 4.78 is 0. The van der Waals surface area contributed by atoms with Crippen molar-refractivity contribution in [3.05, 3.63) is 71.8 Å². The summed E-state index contributed by atoms with van der Waals surface area (Å²) in [4.78, 5) is 62.8. The molecule has 0 unspecified atom stereocenters. The maximum atomic E-state index is 13.1. The molecule has 2 aromatic rings. The molecule has 3 rings (SSSR count). The van der Waals surface area contributed by atoms with E-state index in [1.54, 1.807) is 38.1 Å². The summed E-state index contributed by atoms with van der Waals surface area (Å²) in [6, 6.07) is 16.4. The average Bonchev–Trinajstić information content (AvgIpc) is 3.12. The Morgan fingerprint density at radius 3 is 2.06 bits per heavy atom. The zero-order chi connectivity index (χ0) is 26.2. The molecule has 4 atom stereocenters. The maximum Gasteiger partial charge on any atom is 0.315 e. The predicted molar refractivity (Wildman–Crippen MR) is 133 cm³/mol. The fourth-order valence-electron chi connectivity index (χ4n) is 4.17. The molecule has 2 aromatic carbocycles. The molecule has 9 heteroatoms. The van der Waals surface area contributed by atoms with Gasteiger partial charge in [-0.2, -0.15) is 0 Å². The first-order valence-corrected chi connectivity index (χ1v) is 12.0. The molecule has 0 radical (unpaired) electrons. The van der Waals surface area contributed by atoms with E-state index in [0.717, 1.165) is 11.1 Å². The van der Waals surface area contributed by atoms with Gasteiger partial charge in [-0.3, -0.25) is 24.5 Å². The Morgan fingerprint density at radius 2 is 1.50 bits per heavy atom. The van der Waals surface area contributed by atoms with Crippen molar-refractivity contribution in [3.8, 4) is 0 Å². The van der Waals surface area contributed by atoms with Gasteiger partial charge in [0.25, 0.3) is 0 Å². The predicted octanol–water partition coefficient (Wildman–Crippen LogP) is 2.24. The third-order valence-corrected chi connectivity index (χ3v) is 6.23. The van der Waals surface area contributed by atoms with Crippen LogP contribution in [0.1, 0.15) is 44.4 Å². The molecule has 0 aliphatic carbocycles. The minimum atomic E-state index is -1.14. The number of benzene rings is 2. The van der Waals surface area contributed by atoms with Gasteiger partial charge >= 0.3 is 6.03 Å². The summed E-state index contributed by atoms with van der Waals surface area (Å²) in [7, 11) is 0. The Bertz CT molecular complexity index is 1100. The van der Waals surface area contributed by atoms with Gasteiger partial charge in [-0.1, -0.05) is 81.4 Å². The van der Waals surface area contributed by atoms with Gasteiger partial charge in [0.1, 0.15) is 5.92 Å². The summed E-state index contributed by atoms with van der Waals surface area (Å²) in [5.74, 6) is -4.35. The van der Waals surface area contributed by atoms with Crippen molar-refractivity contribution in [1.29, 1.82) is 0 Å². The quantitative estimate of drug-likeness (QED) is 0.298. The number of hydrogen-bond acceptors (Lipinski definition) is 5. The van der Waals surface area contributed by atoms with E-state index in [1.165, 1.54) is 6.92 Å². The minimum absolute atomic E-state index is 0.120. The molecule has 0 saturated carbocycles. The summed E-state index contributed by atoms with van der Waals surface area (Å²) in [5.41, 5.74) is 1.66. The van der Waals surface area contributed by atoms with Crippen molar-refractivity contribution >= 4 is 29.5 Å². The summed E-state index contributed by atoms with van der Waals surface area (Å²) >= 11 is 0. The van der Waals surface area contributed by atoms with Crippen LogP contribution >= 0.6 is 0 Å². The van der Waals surface area contributed by atoms with E-state index in [9.17, 15) is 24.0 Å². The van der Waals surface area contributed by atoms with Gasteiger partial charge in [0.05, 0.1) is 24.4 Å². The molecule has 0 aromatic heterocycles. The smallest absolute Gasteiger partial charge is 0.315 e. The highest BCUT2D eigenvalue weighted by atomic mass is 16.2. The standard InChI is InChI=1S/C27H32N4O5/c1-16(2)23(24(33)22-17(3)25(34)31-26(22)35)30-21(32)14-20(19-12-8-5-9-13-19)29-27(36)28-15-18-10-6-4-7-11-18/h4-13,16-17,20,22-23H,14-15H2,1-3H3,(H,30,32)(H2,28,29,36)(H,31,34,35)/t17-,20-,22+,23-/m0/s1. The van der Waals surface area contributed by atoms with E-state index in [4.69, 9.17) is 0 Å². The van der Waals surface area contributed by atoms with Crippen LogP contribution < -0.4 is 21.3 Å². The molecule has 0 spiro atoms. The van der Waals surface area contributed by atoms with Crippen LogP contribution in [0.3, 0.4) is 0 Å². The number of rotatable bonds is 10. The highest BCUT2D eigenvalue weighted by Crippen LogP contribution is 2.24.